The molecule has 1 aromatic carbocycles. The maximum atomic E-state index is 14.4. The quantitative estimate of drug-likeness (QED) is 0.186. The van der Waals surface area contributed by atoms with E-state index in [1.54, 1.807) is 31.2 Å². The van der Waals surface area contributed by atoms with Crippen molar-refractivity contribution >= 4 is 18.0 Å². The van der Waals surface area contributed by atoms with Gasteiger partial charge in [0.05, 0.1) is 24.9 Å². The molecule has 5 aliphatic rings. The van der Waals surface area contributed by atoms with Gasteiger partial charge in [0.25, 0.3) is 0 Å². The van der Waals surface area contributed by atoms with Gasteiger partial charge in [0.2, 0.25) is 0 Å². The van der Waals surface area contributed by atoms with Crippen molar-refractivity contribution in [3.05, 3.63) is 88.6 Å². The summed E-state index contributed by atoms with van der Waals surface area (Å²) in [5.74, 6) is -2.74. The molecule has 6 rings (SSSR count). The predicted molar refractivity (Wildman–Crippen MR) is 202 cm³/mol. The molecule has 4 aliphatic heterocycles. The topological polar surface area (TPSA) is 121 Å². The van der Waals surface area contributed by atoms with Gasteiger partial charge in [-0.05, 0) is 79.4 Å². The van der Waals surface area contributed by atoms with Gasteiger partial charge in [0.1, 0.15) is 23.7 Å². The van der Waals surface area contributed by atoms with Crippen LogP contribution in [0.2, 0.25) is 0 Å². The first-order chi connectivity index (χ1) is 25.2. The zero-order chi connectivity index (χ0) is 38.1. The van der Waals surface area contributed by atoms with Crippen molar-refractivity contribution in [3.63, 3.8) is 0 Å². The highest BCUT2D eigenvalue weighted by Gasteiger charge is 2.61. The molecule has 0 amide bonds. The fraction of sp³-hybridized carbons (Fsp3) is 0.591. The summed E-state index contributed by atoms with van der Waals surface area (Å²) in [6.07, 6.45) is 12.5. The molecule has 0 saturated carbocycles. The van der Waals surface area contributed by atoms with Crippen molar-refractivity contribution in [1.29, 1.82) is 0 Å². The Hall–Kier alpha value is -3.34. The third-order valence-corrected chi connectivity index (χ3v) is 12.3. The fourth-order valence-electron chi connectivity index (χ4n) is 8.78. The van der Waals surface area contributed by atoms with Crippen LogP contribution >= 0.6 is 0 Å². The highest BCUT2D eigenvalue weighted by molar-refractivity contribution is 5.88. The molecule has 9 nitrogen and oxygen atoms in total. The van der Waals surface area contributed by atoms with Crippen molar-refractivity contribution in [2.75, 3.05) is 6.61 Å². The van der Waals surface area contributed by atoms with Crippen LogP contribution in [0.15, 0.2) is 77.4 Å². The summed E-state index contributed by atoms with van der Waals surface area (Å²) in [4.78, 5) is 27.7. The second kappa shape index (κ2) is 16.2. The van der Waals surface area contributed by atoms with Gasteiger partial charge >= 0.3 is 11.9 Å². The van der Waals surface area contributed by atoms with E-state index in [-0.39, 0.29) is 24.7 Å². The smallest absolute Gasteiger partial charge is 0.331 e. The summed E-state index contributed by atoms with van der Waals surface area (Å²) in [6.45, 7) is 14.2. The number of aliphatic hydroxyl groups excluding tert-OH is 1. The van der Waals surface area contributed by atoms with E-state index in [9.17, 15) is 19.8 Å². The predicted octanol–water partition coefficient (Wildman–Crippen LogP) is 7.10. The van der Waals surface area contributed by atoms with E-state index in [2.05, 4.69) is 20.8 Å². The lowest BCUT2D eigenvalue weighted by Crippen LogP contribution is -2.59. The molecule has 0 radical (unpaired) electrons. The lowest BCUT2D eigenvalue weighted by molar-refractivity contribution is -0.340. The van der Waals surface area contributed by atoms with Crippen molar-refractivity contribution < 1.29 is 43.5 Å². The second-order valence-corrected chi connectivity index (χ2v) is 16.2. The number of hydrogen-bond acceptors (Lipinski definition) is 9. The minimum atomic E-state index is -1.86. The van der Waals surface area contributed by atoms with Crippen molar-refractivity contribution in [2.45, 2.75) is 135 Å². The summed E-state index contributed by atoms with van der Waals surface area (Å²) in [5.41, 5.74) is 1.92. The van der Waals surface area contributed by atoms with Gasteiger partial charge in [0, 0.05) is 31.3 Å². The highest BCUT2D eigenvalue weighted by Crippen LogP contribution is 2.48. The van der Waals surface area contributed by atoms with Crippen LogP contribution in [0.3, 0.4) is 0 Å². The number of esters is 2. The Morgan fingerprint density at radius 1 is 1.11 bits per heavy atom. The standard InChI is InChI=1S/C44H58O9/c1-8-26(2)39-30(6)20-21-43(53-39)24-35-23-34(52-43)18-16-29(5)38(46)28(4)13-11-15-33-25-49-41-40(31(7)22-36(42(47)50-35)44(33,41)48)51-37(45)19-17-32-14-10-9-12-27(32)3/h9-17,19,22,26,28,30,34-36,38-41,46,48H,8,18,20-21,23-25H2,1-7H3/b13-11+,19-17+,29-16+,33-15+/t26-,28-,30-,34+,35-,36-,38-,39+,40+,41+,43+,44+/m0/s1. The number of rotatable bonds is 5. The number of ether oxygens (including phenoxy) is 5. The number of aliphatic hydroxyl groups is 2. The molecule has 0 aromatic heterocycles. The second-order valence-electron chi connectivity index (χ2n) is 16.2. The molecular weight excluding hydrogens is 672 g/mol. The van der Waals surface area contributed by atoms with E-state index in [4.69, 9.17) is 23.7 Å². The van der Waals surface area contributed by atoms with Crippen LogP contribution in [-0.4, -0.2) is 76.8 Å². The van der Waals surface area contributed by atoms with Gasteiger partial charge in [-0.15, -0.1) is 0 Å². The van der Waals surface area contributed by atoms with Gasteiger partial charge in [-0.2, -0.15) is 0 Å². The van der Waals surface area contributed by atoms with E-state index < -0.39 is 53.7 Å². The maximum absolute atomic E-state index is 14.4. The lowest BCUT2D eigenvalue weighted by atomic mass is 9.70. The molecule has 12 atom stereocenters. The molecular formula is C44H58O9. The first-order valence-corrected chi connectivity index (χ1v) is 19.5. The average molecular weight is 731 g/mol. The van der Waals surface area contributed by atoms with Crippen LogP contribution in [0.25, 0.3) is 6.08 Å². The monoisotopic (exact) mass is 730 g/mol. The number of benzene rings is 1. The van der Waals surface area contributed by atoms with Crippen LogP contribution in [0.4, 0.5) is 0 Å². The Kier molecular flexibility index (Phi) is 12.0. The average Bonchev–Trinajstić information content (AvgIpc) is 3.47. The van der Waals surface area contributed by atoms with Gasteiger partial charge in [-0.3, -0.25) is 4.79 Å². The number of allylic oxidation sites excluding steroid dienone is 2. The number of aryl methyl sites for hydroxylation is 1. The normalized spacial score (nSPS) is 41.0. The van der Waals surface area contributed by atoms with E-state index in [1.165, 1.54) is 6.08 Å². The molecule has 3 saturated heterocycles. The fourth-order valence-corrected chi connectivity index (χ4v) is 8.78. The number of carbonyl (C=O) groups excluding carboxylic acids is 2. The minimum Gasteiger partial charge on any atom is -0.462 e. The molecule has 2 bridgehead atoms. The summed E-state index contributed by atoms with van der Waals surface area (Å²) < 4.78 is 32.3. The molecule has 53 heavy (non-hydrogen) atoms. The summed E-state index contributed by atoms with van der Waals surface area (Å²) >= 11 is 0. The largest absolute Gasteiger partial charge is 0.462 e. The molecule has 288 valence electrons. The Bertz CT molecular complexity index is 1670. The Morgan fingerprint density at radius 3 is 2.64 bits per heavy atom. The number of hydrogen-bond donors (Lipinski definition) is 2. The van der Waals surface area contributed by atoms with Crippen LogP contribution in [-0.2, 0) is 33.3 Å². The van der Waals surface area contributed by atoms with Gasteiger partial charge in [-0.1, -0.05) is 88.8 Å². The SMILES string of the molecule is CC[C@H](C)[C@H]1O[C@]2(CC[C@@H]1C)C[C@@H]1C[C@@H](C/C=C(\C)[C@@H](O)[C@@H](C)/C=C/C=C3\CO[C@@H]4[C@H](OC(=O)/C=C/c5ccccc5C)C(C)=C[C@@H](C(=O)O1)[C@]34O)O2. The maximum Gasteiger partial charge on any atom is 0.331 e. The van der Waals surface area contributed by atoms with Gasteiger partial charge < -0.3 is 33.9 Å². The first kappa shape index (κ1) is 39.4. The van der Waals surface area contributed by atoms with Crippen LogP contribution in [0, 0.1) is 30.6 Å². The zero-order valence-corrected chi connectivity index (χ0v) is 32.3. The third kappa shape index (κ3) is 8.20. The Balaban J connectivity index is 1.34. The van der Waals surface area contributed by atoms with Crippen LogP contribution in [0.1, 0.15) is 91.2 Å². The van der Waals surface area contributed by atoms with E-state index in [1.807, 2.05) is 57.2 Å². The molecule has 1 spiro atoms. The van der Waals surface area contributed by atoms with Gasteiger partial charge in [0.15, 0.2) is 11.9 Å². The molecule has 2 N–H and O–H groups in total. The van der Waals surface area contributed by atoms with E-state index in [0.29, 0.717) is 48.7 Å². The van der Waals surface area contributed by atoms with Crippen molar-refractivity contribution in [1.82, 2.24) is 0 Å². The summed E-state index contributed by atoms with van der Waals surface area (Å²) in [5, 5.41) is 24.0. The van der Waals surface area contributed by atoms with Crippen molar-refractivity contribution in [2.24, 2.45) is 23.7 Å². The lowest BCUT2D eigenvalue weighted by Gasteiger charge is -2.51. The zero-order valence-electron chi connectivity index (χ0n) is 32.3. The van der Waals surface area contributed by atoms with E-state index >= 15 is 0 Å². The van der Waals surface area contributed by atoms with E-state index in [0.717, 1.165) is 29.5 Å². The Labute approximate surface area is 314 Å². The highest BCUT2D eigenvalue weighted by atomic mass is 16.7. The van der Waals surface area contributed by atoms with Crippen LogP contribution < -0.4 is 0 Å². The summed E-state index contributed by atoms with van der Waals surface area (Å²) in [7, 11) is 0. The number of carbonyl (C=O) groups is 2. The van der Waals surface area contributed by atoms with Gasteiger partial charge in [-0.25, -0.2) is 4.79 Å². The molecule has 0 unspecified atom stereocenters. The first-order valence-electron chi connectivity index (χ1n) is 19.5. The molecule has 4 heterocycles. The van der Waals surface area contributed by atoms with Crippen LogP contribution in [0.5, 0.6) is 0 Å². The summed E-state index contributed by atoms with van der Waals surface area (Å²) in [6, 6.07) is 7.71. The molecule has 3 fully saturated rings. The Morgan fingerprint density at radius 2 is 1.89 bits per heavy atom. The third-order valence-electron chi connectivity index (χ3n) is 12.3. The molecule has 9 heteroatoms. The number of fused-ring (bicyclic) bond motifs is 2. The molecule has 1 aromatic rings. The minimum absolute atomic E-state index is 0.00776. The van der Waals surface area contributed by atoms with Crippen molar-refractivity contribution in [3.8, 4) is 0 Å². The molecule has 1 aliphatic carbocycles.